The molecule has 30 heavy (non-hydrogen) atoms. The zero-order valence-electron chi connectivity index (χ0n) is 17.1. The van der Waals surface area contributed by atoms with Gasteiger partial charge in [-0.05, 0) is 36.6 Å². The van der Waals surface area contributed by atoms with Crippen molar-refractivity contribution in [2.75, 3.05) is 20.3 Å². The summed E-state index contributed by atoms with van der Waals surface area (Å²) in [5.41, 5.74) is 3.98. The van der Waals surface area contributed by atoms with Crippen LogP contribution in [0.1, 0.15) is 28.5 Å². The summed E-state index contributed by atoms with van der Waals surface area (Å²) in [6, 6.07) is 15.9. The predicted molar refractivity (Wildman–Crippen MR) is 116 cm³/mol. The molecule has 0 radical (unpaired) electrons. The van der Waals surface area contributed by atoms with Gasteiger partial charge in [-0.15, -0.1) is 0 Å². The third-order valence-corrected chi connectivity index (χ3v) is 4.99. The van der Waals surface area contributed by atoms with Crippen molar-refractivity contribution in [1.29, 1.82) is 0 Å². The molecule has 0 atom stereocenters. The standard InChI is InChI=1S/C24H24N2O4/c1-3-29-24(27)23-17(12-13-28-2)21-19(14-25-23)26-18-10-7-11-20(22(18)21)30-15-16-8-5-4-6-9-16/h4-11,14,26H,3,12-13,15H2,1-2H3. The molecule has 2 aromatic carbocycles. The molecule has 0 aliphatic heterocycles. The van der Waals surface area contributed by atoms with Crippen LogP contribution in [0.2, 0.25) is 0 Å². The van der Waals surface area contributed by atoms with Crippen molar-refractivity contribution in [3.8, 4) is 5.75 Å². The first-order chi connectivity index (χ1) is 14.7. The van der Waals surface area contributed by atoms with Crippen molar-refractivity contribution < 1.29 is 19.0 Å². The minimum atomic E-state index is -0.428. The number of hydrogen-bond acceptors (Lipinski definition) is 5. The summed E-state index contributed by atoms with van der Waals surface area (Å²) in [6.07, 6.45) is 2.22. The van der Waals surface area contributed by atoms with Crippen LogP contribution in [0.15, 0.2) is 54.7 Å². The first kappa shape index (κ1) is 19.9. The lowest BCUT2D eigenvalue weighted by Crippen LogP contribution is -2.12. The highest BCUT2D eigenvalue weighted by atomic mass is 16.5. The number of nitrogens with one attached hydrogen (secondary N) is 1. The van der Waals surface area contributed by atoms with Gasteiger partial charge in [-0.3, -0.25) is 0 Å². The van der Waals surface area contributed by atoms with Gasteiger partial charge in [0.05, 0.1) is 30.4 Å². The highest BCUT2D eigenvalue weighted by Gasteiger charge is 2.21. The van der Waals surface area contributed by atoms with E-state index in [1.54, 1.807) is 20.2 Å². The summed E-state index contributed by atoms with van der Waals surface area (Å²) >= 11 is 0. The van der Waals surface area contributed by atoms with E-state index in [-0.39, 0.29) is 0 Å². The van der Waals surface area contributed by atoms with E-state index in [1.165, 1.54) is 0 Å². The molecule has 0 amide bonds. The molecule has 4 rings (SSSR count). The summed E-state index contributed by atoms with van der Waals surface area (Å²) < 4.78 is 16.7. The van der Waals surface area contributed by atoms with Crippen LogP contribution in [0.25, 0.3) is 21.8 Å². The summed E-state index contributed by atoms with van der Waals surface area (Å²) in [5.74, 6) is 0.324. The molecule has 2 heterocycles. The maximum absolute atomic E-state index is 12.6. The van der Waals surface area contributed by atoms with Gasteiger partial charge in [0.15, 0.2) is 5.69 Å². The van der Waals surface area contributed by atoms with Crippen molar-refractivity contribution in [2.24, 2.45) is 0 Å². The number of rotatable bonds is 8. The molecule has 0 aliphatic rings. The maximum atomic E-state index is 12.6. The fourth-order valence-corrected chi connectivity index (χ4v) is 3.65. The number of carbonyl (C=O) groups is 1. The zero-order chi connectivity index (χ0) is 20.9. The van der Waals surface area contributed by atoms with Gasteiger partial charge in [0, 0.05) is 17.9 Å². The molecule has 1 N–H and O–H groups in total. The largest absolute Gasteiger partial charge is 0.488 e. The normalized spacial score (nSPS) is 11.1. The molecule has 0 spiro atoms. The second-order valence-corrected chi connectivity index (χ2v) is 6.92. The third-order valence-electron chi connectivity index (χ3n) is 4.99. The Labute approximate surface area is 174 Å². The highest BCUT2D eigenvalue weighted by Crippen LogP contribution is 2.36. The van der Waals surface area contributed by atoms with Crippen LogP contribution in [-0.4, -0.2) is 36.3 Å². The number of fused-ring (bicyclic) bond motifs is 3. The van der Waals surface area contributed by atoms with Gasteiger partial charge >= 0.3 is 5.97 Å². The molecule has 0 bridgehead atoms. The second-order valence-electron chi connectivity index (χ2n) is 6.92. The fraction of sp³-hybridized carbons (Fsp3) is 0.250. The average Bonchev–Trinajstić information content (AvgIpc) is 3.16. The Balaban J connectivity index is 1.86. The zero-order valence-corrected chi connectivity index (χ0v) is 17.1. The van der Waals surface area contributed by atoms with Crippen molar-refractivity contribution in [2.45, 2.75) is 20.0 Å². The van der Waals surface area contributed by atoms with E-state index in [0.717, 1.165) is 38.7 Å². The summed E-state index contributed by atoms with van der Waals surface area (Å²) in [4.78, 5) is 20.3. The second kappa shape index (κ2) is 8.97. The fourth-order valence-electron chi connectivity index (χ4n) is 3.65. The number of aromatic nitrogens is 2. The van der Waals surface area contributed by atoms with Crippen molar-refractivity contribution >= 4 is 27.8 Å². The minimum absolute atomic E-state index is 0.293. The Morgan fingerprint density at radius 2 is 1.87 bits per heavy atom. The van der Waals surface area contributed by atoms with Crippen LogP contribution in [0.3, 0.4) is 0 Å². The van der Waals surface area contributed by atoms with Crippen LogP contribution in [0.5, 0.6) is 5.75 Å². The Bertz CT molecular complexity index is 1170. The Morgan fingerprint density at radius 3 is 2.63 bits per heavy atom. The van der Waals surface area contributed by atoms with E-state index in [2.05, 4.69) is 9.97 Å². The van der Waals surface area contributed by atoms with Crippen molar-refractivity contribution in [3.05, 3.63) is 71.5 Å². The lowest BCUT2D eigenvalue weighted by molar-refractivity contribution is 0.0518. The van der Waals surface area contributed by atoms with E-state index in [9.17, 15) is 4.79 Å². The molecule has 0 saturated carbocycles. The van der Waals surface area contributed by atoms with E-state index < -0.39 is 5.97 Å². The number of H-pyrrole nitrogens is 1. The molecule has 4 aromatic rings. The Kier molecular flexibility index (Phi) is 5.95. The molecule has 2 aromatic heterocycles. The first-order valence-electron chi connectivity index (χ1n) is 9.98. The summed E-state index contributed by atoms with van der Waals surface area (Å²) in [5, 5.41) is 1.85. The molecule has 6 heteroatoms. The summed E-state index contributed by atoms with van der Waals surface area (Å²) in [7, 11) is 1.64. The molecule has 0 saturated heterocycles. The van der Waals surface area contributed by atoms with Crippen LogP contribution < -0.4 is 4.74 Å². The number of esters is 1. The molecule has 0 fully saturated rings. The van der Waals surface area contributed by atoms with E-state index in [0.29, 0.717) is 31.9 Å². The van der Waals surface area contributed by atoms with Crippen LogP contribution in [-0.2, 0) is 22.5 Å². The van der Waals surface area contributed by atoms with Crippen molar-refractivity contribution in [1.82, 2.24) is 9.97 Å². The Morgan fingerprint density at radius 1 is 1.03 bits per heavy atom. The number of aromatic amines is 1. The SMILES string of the molecule is CCOC(=O)c1ncc2[nH]c3cccc(OCc4ccccc4)c3c2c1CCOC. The van der Waals surface area contributed by atoms with Gasteiger partial charge in [-0.25, -0.2) is 9.78 Å². The minimum Gasteiger partial charge on any atom is -0.488 e. The number of benzene rings is 2. The number of carbonyl (C=O) groups excluding carboxylic acids is 1. The van der Waals surface area contributed by atoms with Crippen LogP contribution >= 0.6 is 0 Å². The highest BCUT2D eigenvalue weighted by molar-refractivity contribution is 6.13. The topological polar surface area (TPSA) is 73.4 Å². The quantitative estimate of drug-likeness (QED) is 0.432. The number of ether oxygens (including phenoxy) is 3. The molecule has 154 valence electrons. The number of nitrogens with zero attached hydrogens (tertiary/aromatic N) is 1. The number of hydrogen-bond donors (Lipinski definition) is 1. The molecule has 6 nitrogen and oxygen atoms in total. The third kappa shape index (κ3) is 3.86. The Hall–Kier alpha value is -3.38. The lowest BCUT2D eigenvalue weighted by Gasteiger charge is -2.12. The first-order valence-corrected chi connectivity index (χ1v) is 9.98. The smallest absolute Gasteiger partial charge is 0.357 e. The molecular weight excluding hydrogens is 380 g/mol. The van der Waals surface area contributed by atoms with E-state index >= 15 is 0 Å². The van der Waals surface area contributed by atoms with Gasteiger partial charge in [-0.2, -0.15) is 0 Å². The van der Waals surface area contributed by atoms with E-state index in [1.807, 2.05) is 48.5 Å². The van der Waals surface area contributed by atoms with Crippen LogP contribution in [0, 0.1) is 0 Å². The van der Waals surface area contributed by atoms with Gasteiger partial charge in [0.1, 0.15) is 12.4 Å². The van der Waals surface area contributed by atoms with E-state index in [4.69, 9.17) is 14.2 Å². The van der Waals surface area contributed by atoms with Gasteiger partial charge in [0.25, 0.3) is 0 Å². The van der Waals surface area contributed by atoms with Crippen molar-refractivity contribution in [3.63, 3.8) is 0 Å². The van der Waals surface area contributed by atoms with Gasteiger partial charge in [-0.1, -0.05) is 36.4 Å². The number of methoxy groups -OCH3 is 1. The molecular formula is C24H24N2O4. The molecule has 0 unspecified atom stereocenters. The number of pyridine rings is 1. The van der Waals surface area contributed by atoms with Gasteiger partial charge < -0.3 is 19.2 Å². The average molecular weight is 404 g/mol. The van der Waals surface area contributed by atoms with Crippen LogP contribution in [0.4, 0.5) is 0 Å². The van der Waals surface area contributed by atoms with Gasteiger partial charge in [0.2, 0.25) is 0 Å². The molecule has 0 aliphatic carbocycles. The monoisotopic (exact) mass is 404 g/mol. The lowest BCUT2D eigenvalue weighted by atomic mass is 10.0. The summed E-state index contributed by atoms with van der Waals surface area (Å²) in [6.45, 7) is 3.00. The predicted octanol–water partition coefficient (Wildman–Crippen LogP) is 4.66. The maximum Gasteiger partial charge on any atom is 0.357 e.